The molecule has 2 nitrogen and oxygen atoms in total. The van der Waals surface area contributed by atoms with E-state index in [1.807, 2.05) is 6.08 Å². The number of fused-ring (bicyclic) bond motifs is 3. The summed E-state index contributed by atoms with van der Waals surface area (Å²) in [4.78, 5) is 13.0. The summed E-state index contributed by atoms with van der Waals surface area (Å²) in [6.45, 7) is 10.8. The highest BCUT2D eigenvalue weighted by atomic mass is 16.3. The molecule has 2 heteroatoms. The van der Waals surface area contributed by atoms with Crippen LogP contribution >= 0.6 is 0 Å². The third kappa shape index (κ3) is 2.06. The second kappa shape index (κ2) is 5.33. The number of hydrogen-bond acceptors (Lipinski definition) is 2. The van der Waals surface area contributed by atoms with E-state index in [4.69, 9.17) is 0 Å². The quantitative estimate of drug-likeness (QED) is 0.826. The summed E-state index contributed by atoms with van der Waals surface area (Å²) in [5.74, 6) is 1.42. The van der Waals surface area contributed by atoms with Crippen molar-refractivity contribution in [2.45, 2.75) is 59.3 Å². The van der Waals surface area contributed by atoms with E-state index in [0.717, 1.165) is 25.7 Å². The van der Waals surface area contributed by atoms with Crippen molar-refractivity contribution >= 4 is 5.78 Å². The largest absolute Gasteiger partial charge is 0.396 e. The number of ketones is 1. The Morgan fingerprint density at radius 2 is 2.09 bits per heavy atom. The van der Waals surface area contributed by atoms with Crippen LogP contribution in [0.1, 0.15) is 59.3 Å². The van der Waals surface area contributed by atoms with Gasteiger partial charge in [0.05, 0.1) is 0 Å². The zero-order chi connectivity index (χ0) is 16.1. The summed E-state index contributed by atoms with van der Waals surface area (Å²) < 4.78 is 0. The van der Waals surface area contributed by atoms with Gasteiger partial charge in [-0.05, 0) is 55.4 Å². The first kappa shape index (κ1) is 16.0. The summed E-state index contributed by atoms with van der Waals surface area (Å²) in [6.07, 6.45) is 8.19. The van der Waals surface area contributed by atoms with Crippen molar-refractivity contribution in [3.05, 3.63) is 23.8 Å². The maximum Gasteiger partial charge on any atom is 0.137 e. The molecule has 0 aromatic carbocycles. The molecule has 3 aliphatic rings. The molecule has 0 saturated heterocycles. The highest BCUT2D eigenvalue weighted by molar-refractivity contribution is 5.84. The van der Waals surface area contributed by atoms with Crippen LogP contribution in [0, 0.1) is 28.6 Å². The number of allylic oxidation sites excluding steroid dienone is 3. The van der Waals surface area contributed by atoms with Crippen molar-refractivity contribution in [2.75, 3.05) is 6.61 Å². The third-order valence-corrected chi connectivity index (χ3v) is 7.29. The fourth-order valence-electron chi connectivity index (χ4n) is 6.22. The first-order valence-corrected chi connectivity index (χ1v) is 8.83. The monoisotopic (exact) mass is 302 g/mol. The maximum absolute atomic E-state index is 13.0. The van der Waals surface area contributed by atoms with Gasteiger partial charge in [0, 0.05) is 24.4 Å². The number of aliphatic hydroxyl groups excluding tert-OH is 1. The van der Waals surface area contributed by atoms with Gasteiger partial charge in [0.25, 0.3) is 0 Å². The van der Waals surface area contributed by atoms with E-state index in [2.05, 4.69) is 27.4 Å². The predicted molar refractivity (Wildman–Crippen MR) is 89.4 cm³/mol. The number of rotatable bonds is 2. The van der Waals surface area contributed by atoms with Gasteiger partial charge in [-0.3, -0.25) is 4.79 Å². The zero-order valence-corrected chi connectivity index (χ0v) is 14.3. The van der Waals surface area contributed by atoms with Crippen LogP contribution in [0.3, 0.4) is 0 Å². The van der Waals surface area contributed by atoms with Gasteiger partial charge in [-0.25, -0.2) is 0 Å². The number of aliphatic hydroxyl groups is 1. The Morgan fingerprint density at radius 1 is 1.36 bits per heavy atom. The molecule has 1 unspecified atom stereocenters. The van der Waals surface area contributed by atoms with Crippen molar-refractivity contribution in [1.82, 2.24) is 0 Å². The van der Waals surface area contributed by atoms with Crippen LogP contribution in [0.4, 0.5) is 0 Å². The Bertz CT molecular complexity index is 532. The van der Waals surface area contributed by atoms with E-state index in [1.165, 1.54) is 17.6 Å². The van der Waals surface area contributed by atoms with Crippen molar-refractivity contribution < 1.29 is 9.90 Å². The molecule has 2 saturated carbocycles. The van der Waals surface area contributed by atoms with Gasteiger partial charge in [0.2, 0.25) is 0 Å². The third-order valence-electron chi connectivity index (χ3n) is 7.29. The molecule has 0 amide bonds. The van der Waals surface area contributed by atoms with Gasteiger partial charge in [0.15, 0.2) is 0 Å². The van der Waals surface area contributed by atoms with Gasteiger partial charge in [-0.1, -0.05) is 38.5 Å². The van der Waals surface area contributed by atoms with Crippen LogP contribution in [-0.4, -0.2) is 17.5 Å². The van der Waals surface area contributed by atoms with E-state index in [0.29, 0.717) is 24.0 Å². The summed E-state index contributed by atoms with van der Waals surface area (Å²) in [5.41, 5.74) is 2.60. The predicted octanol–water partition coefficient (Wildman–Crippen LogP) is 4.29. The van der Waals surface area contributed by atoms with Crippen molar-refractivity contribution in [3.63, 3.8) is 0 Å². The SMILES string of the molecule is C=CC1=C(C)[C@@H]2CC(=O)C3[C@](C)(CO)CCC[C@]3(C)[C@H]2CC1. The van der Waals surface area contributed by atoms with E-state index in [9.17, 15) is 9.90 Å². The Morgan fingerprint density at radius 3 is 2.73 bits per heavy atom. The molecule has 122 valence electrons. The Balaban J connectivity index is 2.04. The molecule has 3 aliphatic carbocycles. The molecule has 1 N–H and O–H groups in total. The van der Waals surface area contributed by atoms with Crippen molar-refractivity contribution in [3.8, 4) is 0 Å². The molecule has 22 heavy (non-hydrogen) atoms. The molecule has 5 atom stereocenters. The fraction of sp³-hybridized carbons (Fsp3) is 0.750. The summed E-state index contributed by atoms with van der Waals surface area (Å²) in [5, 5.41) is 9.97. The van der Waals surface area contributed by atoms with E-state index in [-0.39, 0.29) is 23.4 Å². The van der Waals surface area contributed by atoms with Crippen LogP contribution in [0.5, 0.6) is 0 Å². The summed E-state index contributed by atoms with van der Waals surface area (Å²) in [6, 6.07) is 0. The van der Waals surface area contributed by atoms with Gasteiger partial charge >= 0.3 is 0 Å². The van der Waals surface area contributed by atoms with Gasteiger partial charge < -0.3 is 5.11 Å². The molecule has 2 fully saturated rings. The topological polar surface area (TPSA) is 37.3 Å². The molecule has 0 bridgehead atoms. The highest BCUT2D eigenvalue weighted by Crippen LogP contribution is 2.63. The second-order valence-electron chi connectivity index (χ2n) is 8.44. The second-order valence-corrected chi connectivity index (χ2v) is 8.44. The fourth-order valence-corrected chi connectivity index (χ4v) is 6.22. The first-order valence-electron chi connectivity index (χ1n) is 8.83. The minimum absolute atomic E-state index is 0.0399. The van der Waals surface area contributed by atoms with E-state index >= 15 is 0 Å². The zero-order valence-electron chi connectivity index (χ0n) is 14.3. The molecule has 0 radical (unpaired) electrons. The standard InChI is InChI=1S/C20H30O2/c1-5-14-7-8-16-15(13(14)2)11-17(22)18-19(3,12-21)9-6-10-20(16,18)4/h5,15-16,18,21H,1,6-12H2,2-4H3/t15-,16-,18?,19-,20+/m0/s1. The van der Waals surface area contributed by atoms with Crippen molar-refractivity contribution in [2.24, 2.45) is 28.6 Å². The van der Waals surface area contributed by atoms with Crippen LogP contribution in [0.15, 0.2) is 23.8 Å². The highest BCUT2D eigenvalue weighted by Gasteiger charge is 2.60. The summed E-state index contributed by atoms with van der Waals surface area (Å²) in [7, 11) is 0. The lowest BCUT2D eigenvalue weighted by Crippen LogP contribution is -2.58. The first-order chi connectivity index (χ1) is 10.4. The summed E-state index contributed by atoms with van der Waals surface area (Å²) >= 11 is 0. The van der Waals surface area contributed by atoms with Gasteiger partial charge in [-0.2, -0.15) is 0 Å². The van der Waals surface area contributed by atoms with Crippen molar-refractivity contribution in [1.29, 1.82) is 0 Å². The number of hydrogen-bond donors (Lipinski definition) is 1. The average Bonchev–Trinajstić information content (AvgIpc) is 2.48. The maximum atomic E-state index is 13.0. The Kier molecular flexibility index (Phi) is 3.87. The van der Waals surface area contributed by atoms with Gasteiger partial charge in [-0.15, -0.1) is 0 Å². The molecule has 0 aromatic rings. The molecule has 0 aliphatic heterocycles. The number of carbonyl (C=O) groups excluding carboxylic acids is 1. The minimum atomic E-state index is -0.217. The number of Topliss-reactive ketones (excluding diaryl/α,β-unsaturated/α-hetero) is 1. The van der Waals surface area contributed by atoms with Crippen LogP contribution in [0.2, 0.25) is 0 Å². The normalized spacial score (nSPS) is 45.3. The molecular weight excluding hydrogens is 272 g/mol. The lowest BCUT2D eigenvalue weighted by Gasteiger charge is -2.60. The molecule has 0 aromatic heterocycles. The van der Waals surface area contributed by atoms with Crippen LogP contribution < -0.4 is 0 Å². The van der Waals surface area contributed by atoms with E-state index in [1.54, 1.807) is 0 Å². The molecule has 0 heterocycles. The Labute approximate surface area is 134 Å². The molecular formula is C20H30O2. The van der Waals surface area contributed by atoms with Gasteiger partial charge in [0.1, 0.15) is 5.78 Å². The van der Waals surface area contributed by atoms with Crippen LogP contribution in [-0.2, 0) is 4.79 Å². The smallest absolute Gasteiger partial charge is 0.137 e. The number of carbonyl (C=O) groups is 1. The Hall–Kier alpha value is -0.890. The molecule has 0 spiro atoms. The van der Waals surface area contributed by atoms with Crippen LogP contribution in [0.25, 0.3) is 0 Å². The van der Waals surface area contributed by atoms with E-state index < -0.39 is 0 Å². The lowest BCUT2D eigenvalue weighted by atomic mass is 9.44. The average molecular weight is 302 g/mol. The lowest BCUT2D eigenvalue weighted by molar-refractivity contribution is -0.159. The molecule has 3 rings (SSSR count). The minimum Gasteiger partial charge on any atom is -0.396 e.